The second-order valence-corrected chi connectivity index (χ2v) is 6.98. The summed E-state index contributed by atoms with van der Waals surface area (Å²) in [6.07, 6.45) is 5.66. The lowest BCUT2D eigenvalue weighted by molar-refractivity contribution is 0.232. The number of pyridine rings is 1. The molecule has 4 rings (SSSR count). The highest BCUT2D eigenvalue weighted by Gasteiger charge is 2.21. The van der Waals surface area contributed by atoms with Crippen LogP contribution in [0, 0.1) is 5.92 Å². The first-order valence-corrected chi connectivity index (χ1v) is 9.37. The summed E-state index contributed by atoms with van der Waals surface area (Å²) < 4.78 is 22.6. The zero-order valence-corrected chi connectivity index (χ0v) is 15.7. The highest BCUT2D eigenvalue weighted by atomic mass is 16.6. The molecule has 0 amide bonds. The van der Waals surface area contributed by atoms with Crippen molar-refractivity contribution < 1.29 is 18.6 Å². The molecule has 1 unspecified atom stereocenters. The van der Waals surface area contributed by atoms with E-state index in [4.69, 9.17) is 24.4 Å². The van der Waals surface area contributed by atoms with Crippen LogP contribution in [0.25, 0.3) is 11.6 Å². The van der Waals surface area contributed by atoms with Crippen LogP contribution in [0.5, 0.6) is 23.2 Å². The lowest BCUT2D eigenvalue weighted by Crippen LogP contribution is -2.23. The number of rotatable bonds is 9. The van der Waals surface area contributed by atoms with E-state index in [9.17, 15) is 0 Å². The Balaban J connectivity index is 1.37. The maximum Gasteiger partial charge on any atom is 0.305 e. The number of nitrogens with zero attached hydrogens (tertiary/aromatic N) is 2. The minimum atomic E-state index is -0.0827. The summed E-state index contributed by atoms with van der Waals surface area (Å²) in [5.41, 5.74) is 6.25. The van der Waals surface area contributed by atoms with E-state index in [1.807, 2.05) is 37.3 Å². The number of benzene rings is 1. The van der Waals surface area contributed by atoms with Gasteiger partial charge in [-0.1, -0.05) is 6.07 Å². The van der Waals surface area contributed by atoms with E-state index in [1.54, 1.807) is 12.3 Å². The molecular formula is C21H23N3O4. The molecule has 1 fully saturated rings. The molecule has 1 aliphatic rings. The van der Waals surface area contributed by atoms with E-state index in [2.05, 4.69) is 9.97 Å². The van der Waals surface area contributed by atoms with Crippen molar-refractivity contribution in [2.45, 2.75) is 25.8 Å². The predicted octanol–water partition coefficient (Wildman–Crippen LogP) is 4.04. The van der Waals surface area contributed by atoms with E-state index in [-0.39, 0.29) is 6.04 Å². The van der Waals surface area contributed by atoms with Crippen LogP contribution in [0.1, 0.15) is 19.8 Å². The summed E-state index contributed by atoms with van der Waals surface area (Å²) in [5.74, 6) is 3.53. The third-order valence-corrected chi connectivity index (χ3v) is 4.15. The van der Waals surface area contributed by atoms with Crippen LogP contribution in [0.3, 0.4) is 0 Å². The molecule has 1 atom stereocenters. The van der Waals surface area contributed by atoms with Gasteiger partial charge < -0.3 is 24.4 Å². The summed E-state index contributed by atoms with van der Waals surface area (Å²) in [4.78, 5) is 8.53. The van der Waals surface area contributed by atoms with E-state index in [1.165, 1.54) is 19.0 Å². The van der Waals surface area contributed by atoms with Gasteiger partial charge in [-0.05, 0) is 49.9 Å². The van der Waals surface area contributed by atoms with Gasteiger partial charge >= 0.3 is 5.95 Å². The zero-order valence-electron chi connectivity index (χ0n) is 15.7. The van der Waals surface area contributed by atoms with Gasteiger partial charge in [0, 0.05) is 12.1 Å². The predicted molar refractivity (Wildman–Crippen MR) is 104 cm³/mol. The lowest BCUT2D eigenvalue weighted by Gasteiger charge is -2.09. The molecule has 1 aromatic carbocycles. The summed E-state index contributed by atoms with van der Waals surface area (Å²) >= 11 is 0. The van der Waals surface area contributed by atoms with Gasteiger partial charge in [0.05, 0.1) is 12.8 Å². The fraction of sp³-hybridized carbons (Fsp3) is 0.333. The van der Waals surface area contributed by atoms with Gasteiger partial charge in [0.15, 0.2) is 0 Å². The van der Waals surface area contributed by atoms with Crippen molar-refractivity contribution in [2.75, 3.05) is 13.2 Å². The minimum Gasteiger partial charge on any atom is -0.493 e. The highest BCUT2D eigenvalue weighted by Crippen LogP contribution is 2.31. The van der Waals surface area contributed by atoms with Gasteiger partial charge in [0.25, 0.3) is 0 Å². The number of hydrogen-bond donors (Lipinski definition) is 1. The molecule has 2 N–H and O–H groups in total. The second-order valence-electron chi connectivity index (χ2n) is 6.98. The smallest absolute Gasteiger partial charge is 0.305 e. The van der Waals surface area contributed by atoms with E-state index in [0.717, 1.165) is 12.4 Å². The molecule has 0 spiro atoms. The van der Waals surface area contributed by atoms with Crippen LogP contribution in [0.4, 0.5) is 0 Å². The molecular weight excluding hydrogens is 358 g/mol. The van der Waals surface area contributed by atoms with Crippen LogP contribution in [-0.2, 0) is 0 Å². The van der Waals surface area contributed by atoms with Crippen molar-refractivity contribution in [3.05, 3.63) is 48.8 Å². The van der Waals surface area contributed by atoms with E-state index in [0.29, 0.717) is 41.6 Å². The molecule has 7 heteroatoms. The van der Waals surface area contributed by atoms with Crippen LogP contribution < -0.4 is 19.9 Å². The quantitative estimate of drug-likeness (QED) is 0.598. The van der Waals surface area contributed by atoms with Crippen molar-refractivity contribution in [3.8, 4) is 34.8 Å². The van der Waals surface area contributed by atoms with Crippen LogP contribution in [0.2, 0.25) is 0 Å². The average Bonchev–Trinajstić information content (AvgIpc) is 3.41. The van der Waals surface area contributed by atoms with Gasteiger partial charge in [-0.2, -0.15) is 0 Å². The summed E-state index contributed by atoms with van der Waals surface area (Å²) in [6.45, 7) is 2.98. The molecule has 0 bridgehead atoms. The monoisotopic (exact) mass is 381 g/mol. The third kappa shape index (κ3) is 5.01. The van der Waals surface area contributed by atoms with Crippen molar-refractivity contribution in [1.82, 2.24) is 9.97 Å². The third-order valence-electron chi connectivity index (χ3n) is 4.15. The Kier molecular flexibility index (Phi) is 5.43. The molecule has 7 nitrogen and oxygen atoms in total. The van der Waals surface area contributed by atoms with Crippen molar-refractivity contribution >= 4 is 0 Å². The van der Waals surface area contributed by atoms with Crippen molar-refractivity contribution in [2.24, 2.45) is 11.7 Å². The fourth-order valence-electron chi connectivity index (χ4n) is 2.49. The Morgan fingerprint density at radius 2 is 1.93 bits per heavy atom. The maximum absolute atomic E-state index is 5.87. The van der Waals surface area contributed by atoms with E-state index < -0.39 is 0 Å². The highest BCUT2D eigenvalue weighted by molar-refractivity contribution is 5.48. The van der Waals surface area contributed by atoms with Gasteiger partial charge in [-0.25, -0.2) is 9.97 Å². The van der Waals surface area contributed by atoms with Crippen LogP contribution in [-0.4, -0.2) is 29.2 Å². The second kappa shape index (κ2) is 8.31. The first kappa shape index (κ1) is 18.3. The van der Waals surface area contributed by atoms with Crippen LogP contribution in [0.15, 0.2) is 53.2 Å². The van der Waals surface area contributed by atoms with Gasteiger partial charge in [-0.3, -0.25) is 0 Å². The maximum atomic E-state index is 5.87. The van der Waals surface area contributed by atoms with E-state index >= 15 is 0 Å². The molecule has 3 aromatic rings. The normalized spacial score (nSPS) is 14.5. The Morgan fingerprint density at radius 3 is 2.68 bits per heavy atom. The molecule has 146 valence electrons. The van der Waals surface area contributed by atoms with Crippen molar-refractivity contribution in [1.29, 1.82) is 0 Å². The first-order valence-electron chi connectivity index (χ1n) is 9.37. The number of ether oxygens (including phenoxy) is 3. The molecule has 2 heterocycles. The molecule has 0 aliphatic heterocycles. The zero-order chi connectivity index (χ0) is 19.3. The van der Waals surface area contributed by atoms with Gasteiger partial charge in [-0.15, -0.1) is 0 Å². The number of aromatic nitrogens is 2. The summed E-state index contributed by atoms with van der Waals surface area (Å²) in [6, 6.07) is 11.1. The molecule has 0 saturated heterocycles. The largest absolute Gasteiger partial charge is 0.493 e. The fourth-order valence-corrected chi connectivity index (χ4v) is 2.49. The Bertz CT molecular complexity index is 904. The molecule has 1 aliphatic carbocycles. The Labute approximate surface area is 163 Å². The average molecular weight is 381 g/mol. The summed E-state index contributed by atoms with van der Waals surface area (Å²) in [5, 5.41) is 0. The van der Waals surface area contributed by atoms with Gasteiger partial charge in [0.2, 0.25) is 5.89 Å². The molecule has 1 saturated carbocycles. The SMILES string of the molecule is CC(N)COc1cnc(-c2ccc(Oc3cccc(OCC4CC4)c3)cn2)o1. The van der Waals surface area contributed by atoms with Crippen molar-refractivity contribution in [3.63, 3.8) is 0 Å². The summed E-state index contributed by atoms with van der Waals surface area (Å²) in [7, 11) is 0. The van der Waals surface area contributed by atoms with Crippen LogP contribution >= 0.6 is 0 Å². The Morgan fingerprint density at radius 1 is 1.07 bits per heavy atom. The lowest BCUT2D eigenvalue weighted by atomic mass is 10.3. The number of oxazole rings is 1. The number of nitrogens with two attached hydrogens (primary N) is 1. The first-order chi connectivity index (χ1) is 13.7. The standard InChI is InChI=1S/C21H23N3O4/c1-14(22)12-26-20-11-24-21(28-20)19-8-7-18(10-23-19)27-17-4-2-3-16(9-17)25-13-15-5-6-15/h2-4,7-11,14-15H,5-6,12-13,22H2,1H3. The molecule has 28 heavy (non-hydrogen) atoms. The minimum absolute atomic E-state index is 0.0827. The number of hydrogen-bond acceptors (Lipinski definition) is 7. The molecule has 0 radical (unpaired) electrons. The Hall–Kier alpha value is -3.06. The topological polar surface area (TPSA) is 92.6 Å². The molecule has 2 aromatic heterocycles. The van der Waals surface area contributed by atoms with Gasteiger partial charge in [0.1, 0.15) is 35.7 Å².